The SMILES string of the molecule is COc1ccc(C)cc1CN(C)CC(=O)Nc1ccc(C)c(F)c1. The average molecular weight is 330 g/mol. The number of ether oxygens (including phenoxy) is 1. The van der Waals surface area contributed by atoms with Gasteiger partial charge in [0.15, 0.2) is 0 Å². The number of hydrogen-bond acceptors (Lipinski definition) is 3. The summed E-state index contributed by atoms with van der Waals surface area (Å²) in [4.78, 5) is 14.0. The zero-order chi connectivity index (χ0) is 17.7. The van der Waals surface area contributed by atoms with Crippen molar-refractivity contribution < 1.29 is 13.9 Å². The molecule has 2 rings (SSSR count). The molecule has 0 atom stereocenters. The van der Waals surface area contributed by atoms with E-state index >= 15 is 0 Å². The van der Waals surface area contributed by atoms with Gasteiger partial charge >= 0.3 is 0 Å². The molecule has 0 saturated heterocycles. The molecule has 0 aromatic heterocycles. The lowest BCUT2D eigenvalue weighted by atomic mass is 10.1. The highest BCUT2D eigenvalue weighted by atomic mass is 19.1. The molecular weight excluding hydrogens is 307 g/mol. The van der Waals surface area contributed by atoms with Crippen molar-refractivity contribution in [2.45, 2.75) is 20.4 Å². The molecule has 0 heterocycles. The monoisotopic (exact) mass is 330 g/mol. The van der Waals surface area contributed by atoms with E-state index in [2.05, 4.69) is 5.32 Å². The van der Waals surface area contributed by atoms with Crippen LogP contribution < -0.4 is 10.1 Å². The highest BCUT2D eigenvalue weighted by molar-refractivity contribution is 5.92. The van der Waals surface area contributed by atoms with Crippen LogP contribution in [0.5, 0.6) is 5.75 Å². The van der Waals surface area contributed by atoms with Crippen LogP contribution in [-0.2, 0) is 11.3 Å². The molecule has 1 amide bonds. The number of carbonyl (C=O) groups excluding carboxylic acids is 1. The fourth-order valence-corrected chi connectivity index (χ4v) is 2.49. The van der Waals surface area contributed by atoms with Crippen LogP contribution in [0.25, 0.3) is 0 Å². The molecule has 0 aliphatic carbocycles. The maximum Gasteiger partial charge on any atom is 0.238 e. The first-order chi connectivity index (χ1) is 11.4. The van der Waals surface area contributed by atoms with Crippen molar-refractivity contribution in [2.75, 3.05) is 26.0 Å². The maximum atomic E-state index is 13.5. The lowest BCUT2D eigenvalue weighted by Gasteiger charge is -2.18. The minimum atomic E-state index is -0.328. The van der Waals surface area contributed by atoms with Crippen LogP contribution in [0, 0.1) is 19.7 Å². The molecule has 24 heavy (non-hydrogen) atoms. The fraction of sp³-hybridized carbons (Fsp3) is 0.316. The Bertz CT molecular complexity index is 731. The summed E-state index contributed by atoms with van der Waals surface area (Å²) in [6.07, 6.45) is 0. The lowest BCUT2D eigenvalue weighted by Crippen LogP contribution is -2.30. The Hall–Kier alpha value is -2.40. The minimum absolute atomic E-state index is 0.188. The van der Waals surface area contributed by atoms with E-state index in [0.717, 1.165) is 16.9 Å². The fourth-order valence-electron chi connectivity index (χ4n) is 2.49. The second kappa shape index (κ2) is 7.93. The third-order valence-electron chi connectivity index (χ3n) is 3.75. The Morgan fingerprint density at radius 3 is 2.62 bits per heavy atom. The van der Waals surface area contributed by atoms with Crippen LogP contribution in [-0.4, -0.2) is 31.5 Å². The van der Waals surface area contributed by atoms with Crippen molar-refractivity contribution in [3.8, 4) is 5.75 Å². The normalized spacial score (nSPS) is 10.8. The van der Waals surface area contributed by atoms with Crippen LogP contribution in [0.15, 0.2) is 36.4 Å². The van der Waals surface area contributed by atoms with Gasteiger partial charge in [-0.2, -0.15) is 0 Å². The number of carbonyl (C=O) groups is 1. The van der Waals surface area contributed by atoms with Gasteiger partial charge in [0.2, 0.25) is 5.91 Å². The molecule has 0 aliphatic rings. The first kappa shape index (κ1) is 17.9. The maximum absolute atomic E-state index is 13.5. The summed E-state index contributed by atoms with van der Waals surface area (Å²) in [6, 6.07) is 10.6. The number of likely N-dealkylation sites (N-methyl/N-ethyl adjacent to an activating group) is 1. The molecule has 0 unspecified atom stereocenters. The Morgan fingerprint density at radius 2 is 1.96 bits per heavy atom. The van der Waals surface area contributed by atoms with Crippen molar-refractivity contribution in [3.05, 3.63) is 58.9 Å². The molecule has 1 N–H and O–H groups in total. The van der Waals surface area contributed by atoms with Crippen molar-refractivity contribution in [2.24, 2.45) is 0 Å². The van der Waals surface area contributed by atoms with Gasteiger partial charge in [0.05, 0.1) is 13.7 Å². The van der Waals surface area contributed by atoms with E-state index < -0.39 is 0 Å². The topological polar surface area (TPSA) is 41.6 Å². The van der Waals surface area contributed by atoms with E-state index in [0.29, 0.717) is 17.8 Å². The summed E-state index contributed by atoms with van der Waals surface area (Å²) in [6.45, 7) is 4.48. The molecule has 5 heteroatoms. The van der Waals surface area contributed by atoms with Crippen molar-refractivity contribution in [3.63, 3.8) is 0 Å². The number of anilines is 1. The standard InChI is InChI=1S/C19H23FN2O2/c1-13-5-8-18(24-4)15(9-13)11-22(3)12-19(23)21-16-7-6-14(2)17(20)10-16/h5-10H,11-12H2,1-4H3,(H,21,23). The van der Waals surface area contributed by atoms with Gasteiger partial charge in [0, 0.05) is 17.8 Å². The molecule has 128 valence electrons. The van der Waals surface area contributed by atoms with Crippen LogP contribution in [0.1, 0.15) is 16.7 Å². The largest absolute Gasteiger partial charge is 0.496 e. The number of halogens is 1. The summed E-state index contributed by atoms with van der Waals surface area (Å²) in [5, 5.41) is 2.71. The van der Waals surface area contributed by atoms with Gasteiger partial charge in [-0.3, -0.25) is 9.69 Å². The predicted molar refractivity (Wildman–Crippen MR) is 93.8 cm³/mol. The zero-order valence-corrected chi connectivity index (χ0v) is 14.5. The number of amides is 1. The van der Waals surface area contributed by atoms with Crippen LogP contribution in [0.2, 0.25) is 0 Å². The Morgan fingerprint density at radius 1 is 1.21 bits per heavy atom. The lowest BCUT2D eigenvalue weighted by molar-refractivity contribution is -0.117. The molecule has 0 bridgehead atoms. The molecule has 2 aromatic rings. The third-order valence-corrected chi connectivity index (χ3v) is 3.75. The quantitative estimate of drug-likeness (QED) is 0.881. The van der Waals surface area contributed by atoms with Gasteiger partial charge in [-0.05, 0) is 44.7 Å². The number of nitrogens with one attached hydrogen (secondary N) is 1. The van der Waals surface area contributed by atoms with Gasteiger partial charge < -0.3 is 10.1 Å². The summed E-state index contributed by atoms with van der Waals surface area (Å²) in [5.74, 6) is 0.284. The summed E-state index contributed by atoms with van der Waals surface area (Å²) in [7, 11) is 3.49. The van der Waals surface area contributed by atoms with Gasteiger partial charge in [0.25, 0.3) is 0 Å². The summed E-state index contributed by atoms with van der Waals surface area (Å²) in [5.41, 5.74) is 3.18. The summed E-state index contributed by atoms with van der Waals surface area (Å²) >= 11 is 0. The molecule has 2 aromatic carbocycles. The summed E-state index contributed by atoms with van der Waals surface area (Å²) < 4.78 is 18.9. The zero-order valence-electron chi connectivity index (χ0n) is 14.5. The predicted octanol–water partition coefficient (Wildman–Crippen LogP) is 3.52. The van der Waals surface area contributed by atoms with Crippen LogP contribution in [0.3, 0.4) is 0 Å². The van der Waals surface area contributed by atoms with Crippen LogP contribution >= 0.6 is 0 Å². The second-order valence-electron chi connectivity index (χ2n) is 6.00. The van der Waals surface area contributed by atoms with Crippen molar-refractivity contribution >= 4 is 11.6 Å². The first-order valence-corrected chi connectivity index (χ1v) is 7.77. The van der Waals surface area contributed by atoms with Gasteiger partial charge in [-0.1, -0.05) is 23.8 Å². The molecule has 0 spiro atoms. The average Bonchev–Trinajstić information content (AvgIpc) is 2.51. The van der Waals surface area contributed by atoms with Gasteiger partial charge in [-0.15, -0.1) is 0 Å². The first-order valence-electron chi connectivity index (χ1n) is 7.77. The van der Waals surface area contributed by atoms with Crippen molar-refractivity contribution in [1.29, 1.82) is 0 Å². The molecule has 0 saturated carbocycles. The Labute approximate surface area is 142 Å². The highest BCUT2D eigenvalue weighted by Gasteiger charge is 2.11. The number of hydrogen-bond donors (Lipinski definition) is 1. The Balaban J connectivity index is 1.96. The van der Waals surface area contributed by atoms with Crippen molar-refractivity contribution in [1.82, 2.24) is 4.90 Å². The van der Waals surface area contributed by atoms with E-state index in [-0.39, 0.29) is 18.3 Å². The third kappa shape index (κ3) is 4.80. The minimum Gasteiger partial charge on any atom is -0.496 e. The molecule has 4 nitrogen and oxygen atoms in total. The highest BCUT2D eigenvalue weighted by Crippen LogP contribution is 2.21. The number of benzene rings is 2. The van der Waals surface area contributed by atoms with E-state index in [1.54, 1.807) is 26.2 Å². The smallest absolute Gasteiger partial charge is 0.238 e. The van der Waals surface area contributed by atoms with Gasteiger partial charge in [-0.25, -0.2) is 4.39 Å². The number of methoxy groups -OCH3 is 1. The Kier molecular flexibility index (Phi) is 5.93. The molecule has 0 fully saturated rings. The van der Waals surface area contributed by atoms with E-state index in [4.69, 9.17) is 4.74 Å². The van der Waals surface area contributed by atoms with E-state index in [1.807, 2.05) is 37.1 Å². The van der Waals surface area contributed by atoms with Gasteiger partial charge in [0.1, 0.15) is 11.6 Å². The van der Waals surface area contributed by atoms with E-state index in [9.17, 15) is 9.18 Å². The molecular formula is C19H23FN2O2. The van der Waals surface area contributed by atoms with E-state index in [1.165, 1.54) is 6.07 Å². The van der Waals surface area contributed by atoms with Crippen LogP contribution in [0.4, 0.5) is 10.1 Å². The molecule has 0 aliphatic heterocycles. The number of aryl methyl sites for hydroxylation is 2. The number of nitrogens with zero attached hydrogens (tertiary/aromatic N) is 1. The number of rotatable bonds is 6. The molecule has 0 radical (unpaired) electrons. The second-order valence-corrected chi connectivity index (χ2v) is 6.00.